The Bertz CT molecular complexity index is 728. The number of aryl methyl sites for hydroxylation is 1. The third kappa shape index (κ3) is 3.22. The van der Waals surface area contributed by atoms with Crippen molar-refractivity contribution < 1.29 is 18.8 Å². The van der Waals surface area contributed by atoms with E-state index in [1.807, 2.05) is 0 Å². The lowest BCUT2D eigenvalue weighted by Crippen LogP contribution is -1.99. The summed E-state index contributed by atoms with van der Waals surface area (Å²) in [5.41, 5.74) is 0.566. The molecule has 0 radical (unpaired) electrons. The predicted octanol–water partition coefficient (Wildman–Crippen LogP) is 4.04. The van der Waals surface area contributed by atoms with Crippen LogP contribution < -0.4 is 4.74 Å². The quantitative estimate of drug-likeness (QED) is 0.484. The number of nitrogens with zero attached hydrogens (tertiary/aromatic N) is 1. The fourth-order valence-corrected chi connectivity index (χ4v) is 1.77. The van der Waals surface area contributed by atoms with Gasteiger partial charge in [-0.15, -0.1) is 0 Å². The van der Waals surface area contributed by atoms with Crippen LogP contribution in [0.4, 0.5) is 10.1 Å². The first-order valence-electron chi connectivity index (χ1n) is 6.12. The average molecular weight is 289 g/mol. The second-order valence-corrected chi connectivity index (χ2v) is 4.53. The van der Waals surface area contributed by atoms with Gasteiger partial charge in [0.1, 0.15) is 0 Å². The molecule has 0 amide bonds. The van der Waals surface area contributed by atoms with E-state index in [0.717, 1.165) is 11.6 Å². The van der Waals surface area contributed by atoms with Gasteiger partial charge in [-0.05, 0) is 43.7 Å². The lowest BCUT2D eigenvalue weighted by atomic mass is 10.1. The Morgan fingerprint density at radius 1 is 1.19 bits per heavy atom. The van der Waals surface area contributed by atoms with Crippen LogP contribution in [0.3, 0.4) is 0 Å². The molecule has 2 aromatic rings. The minimum Gasteiger partial charge on any atom is -0.447 e. The summed E-state index contributed by atoms with van der Waals surface area (Å²) in [6.07, 6.45) is 0. The number of nitro benzene ring substituents is 1. The van der Waals surface area contributed by atoms with Crippen LogP contribution in [0.2, 0.25) is 0 Å². The topological polar surface area (TPSA) is 69.4 Å². The molecular formula is C15H12FNO4. The van der Waals surface area contributed by atoms with Crippen molar-refractivity contribution in [2.75, 3.05) is 0 Å². The Morgan fingerprint density at radius 2 is 1.90 bits per heavy atom. The molecular weight excluding hydrogens is 277 g/mol. The molecule has 21 heavy (non-hydrogen) atoms. The average Bonchev–Trinajstić information content (AvgIpc) is 2.42. The van der Waals surface area contributed by atoms with E-state index in [4.69, 9.17) is 4.74 Å². The van der Waals surface area contributed by atoms with Crippen molar-refractivity contribution in [2.45, 2.75) is 13.8 Å². The van der Waals surface area contributed by atoms with E-state index in [2.05, 4.69) is 0 Å². The first kappa shape index (κ1) is 14.6. The van der Waals surface area contributed by atoms with Gasteiger partial charge in [0.25, 0.3) is 0 Å². The monoisotopic (exact) mass is 289 g/mol. The molecule has 0 aromatic heterocycles. The van der Waals surface area contributed by atoms with Crippen LogP contribution in [0.1, 0.15) is 22.8 Å². The maximum atomic E-state index is 13.6. The summed E-state index contributed by atoms with van der Waals surface area (Å²) in [5.74, 6) is -1.14. The molecule has 2 aromatic carbocycles. The lowest BCUT2D eigenvalue weighted by molar-refractivity contribution is -0.385. The molecule has 2 rings (SSSR count). The molecule has 0 atom stereocenters. The van der Waals surface area contributed by atoms with Crippen LogP contribution >= 0.6 is 0 Å². The number of halogens is 1. The summed E-state index contributed by atoms with van der Waals surface area (Å²) < 4.78 is 18.9. The Labute approximate surface area is 120 Å². The number of nitro groups is 1. The van der Waals surface area contributed by atoms with Crippen molar-refractivity contribution >= 4 is 11.5 Å². The molecule has 6 heteroatoms. The number of hydrogen-bond acceptors (Lipinski definition) is 4. The van der Waals surface area contributed by atoms with Gasteiger partial charge in [-0.25, -0.2) is 4.39 Å². The normalized spacial score (nSPS) is 10.2. The number of ketones is 1. The standard InChI is InChI=1S/C15H12FNO4/c1-9-3-5-12(16)15(7-9)21-14-6-4-11(10(2)18)8-13(14)17(19)20/h3-8H,1-2H3. The summed E-state index contributed by atoms with van der Waals surface area (Å²) in [7, 11) is 0. The Kier molecular flexibility index (Phi) is 3.98. The molecule has 0 fully saturated rings. The fourth-order valence-electron chi connectivity index (χ4n) is 1.77. The zero-order valence-electron chi connectivity index (χ0n) is 11.4. The van der Waals surface area contributed by atoms with Gasteiger partial charge < -0.3 is 4.74 Å². The Morgan fingerprint density at radius 3 is 2.52 bits per heavy atom. The van der Waals surface area contributed by atoms with Crippen LogP contribution in [0.15, 0.2) is 36.4 Å². The fraction of sp³-hybridized carbons (Fsp3) is 0.133. The summed E-state index contributed by atoms with van der Waals surface area (Å²) in [6, 6.07) is 8.04. The third-order valence-electron chi connectivity index (χ3n) is 2.87. The number of hydrogen-bond donors (Lipinski definition) is 0. The summed E-state index contributed by atoms with van der Waals surface area (Å²) >= 11 is 0. The number of rotatable bonds is 4. The smallest absolute Gasteiger partial charge is 0.312 e. The van der Waals surface area contributed by atoms with Crippen LogP contribution in [0.25, 0.3) is 0 Å². The largest absolute Gasteiger partial charge is 0.447 e. The SMILES string of the molecule is CC(=O)c1ccc(Oc2cc(C)ccc2F)c([N+](=O)[O-])c1. The molecule has 0 bridgehead atoms. The predicted molar refractivity (Wildman–Crippen MR) is 74.3 cm³/mol. The molecule has 0 spiro atoms. The van der Waals surface area contributed by atoms with E-state index in [1.165, 1.54) is 31.2 Å². The van der Waals surface area contributed by atoms with Crippen LogP contribution in [0.5, 0.6) is 11.5 Å². The molecule has 0 unspecified atom stereocenters. The van der Waals surface area contributed by atoms with Gasteiger partial charge >= 0.3 is 5.69 Å². The van der Waals surface area contributed by atoms with Crippen molar-refractivity contribution in [3.8, 4) is 11.5 Å². The second-order valence-electron chi connectivity index (χ2n) is 4.53. The maximum absolute atomic E-state index is 13.6. The van der Waals surface area contributed by atoms with Crippen molar-refractivity contribution in [2.24, 2.45) is 0 Å². The molecule has 0 aliphatic heterocycles. The maximum Gasteiger partial charge on any atom is 0.312 e. The Balaban J connectivity index is 2.46. The van der Waals surface area contributed by atoms with Gasteiger partial charge in [0.15, 0.2) is 17.3 Å². The number of ether oxygens (including phenoxy) is 1. The first-order valence-corrected chi connectivity index (χ1v) is 6.12. The van der Waals surface area contributed by atoms with E-state index in [-0.39, 0.29) is 28.5 Å². The zero-order chi connectivity index (χ0) is 15.6. The molecule has 0 aliphatic rings. The number of benzene rings is 2. The highest BCUT2D eigenvalue weighted by Crippen LogP contribution is 2.33. The van der Waals surface area contributed by atoms with E-state index in [9.17, 15) is 19.3 Å². The van der Waals surface area contributed by atoms with Crippen molar-refractivity contribution in [1.29, 1.82) is 0 Å². The third-order valence-corrected chi connectivity index (χ3v) is 2.87. The summed E-state index contributed by atoms with van der Waals surface area (Å²) in [4.78, 5) is 21.7. The zero-order valence-corrected chi connectivity index (χ0v) is 11.4. The Hall–Kier alpha value is -2.76. The minimum absolute atomic E-state index is 0.103. The second kappa shape index (κ2) is 5.70. The van der Waals surface area contributed by atoms with Gasteiger partial charge in [-0.1, -0.05) is 6.07 Å². The molecule has 0 heterocycles. The van der Waals surface area contributed by atoms with Gasteiger partial charge in [0.05, 0.1) is 4.92 Å². The molecule has 0 saturated carbocycles. The lowest BCUT2D eigenvalue weighted by Gasteiger charge is -2.08. The number of carbonyl (C=O) groups is 1. The molecule has 0 N–H and O–H groups in total. The highest BCUT2D eigenvalue weighted by molar-refractivity contribution is 5.95. The summed E-state index contributed by atoms with van der Waals surface area (Å²) in [6.45, 7) is 3.05. The van der Waals surface area contributed by atoms with Gasteiger partial charge in [-0.2, -0.15) is 0 Å². The van der Waals surface area contributed by atoms with Crippen molar-refractivity contribution in [1.82, 2.24) is 0 Å². The minimum atomic E-state index is -0.671. The van der Waals surface area contributed by atoms with Gasteiger partial charge in [0, 0.05) is 11.6 Å². The van der Waals surface area contributed by atoms with Crippen LogP contribution in [0, 0.1) is 22.9 Å². The van der Waals surface area contributed by atoms with Gasteiger partial charge in [0.2, 0.25) is 5.75 Å². The van der Waals surface area contributed by atoms with Gasteiger partial charge in [-0.3, -0.25) is 14.9 Å². The van der Waals surface area contributed by atoms with Crippen molar-refractivity contribution in [3.05, 3.63) is 63.5 Å². The highest BCUT2D eigenvalue weighted by Gasteiger charge is 2.19. The van der Waals surface area contributed by atoms with E-state index < -0.39 is 10.7 Å². The van der Waals surface area contributed by atoms with E-state index >= 15 is 0 Å². The van der Waals surface area contributed by atoms with E-state index in [1.54, 1.807) is 13.0 Å². The van der Waals surface area contributed by atoms with Crippen LogP contribution in [-0.4, -0.2) is 10.7 Å². The van der Waals surface area contributed by atoms with Crippen molar-refractivity contribution in [3.63, 3.8) is 0 Å². The molecule has 0 saturated heterocycles. The highest BCUT2D eigenvalue weighted by atomic mass is 19.1. The summed E-state index contributed by atoms with van der Waals surface area (Å²) in [5, 5.41) is 11.1. The molecule has 108 valence electrons. The molecule has 0 aliphatic carbocycles. The first-order chi connectivity index (χ1) is 9.88. The number of Topliss-reactive ketones (excluding diaryl/α,β-unsaturated/α-hetero) is 1. The molecule has 5 nitrogen and oxygen atoms in total. The van der Waals surface area contributed by atoms with E-state index in [0.29, 0.717) is 0 Å². The van der Waals surface area contributed by atoms with Crippen LogP contribution in [-0.2, 0) is 0 Å². The number of carbonyl (C=O) groups excluding carboxylic acids is 1.